The Morgan fingerprint density at radius 3 is 2.76 bits per heavy atom. The first-order valence-corrected chi connectivity index (χ1v) is 6.63. The van der Waals surface area contributed by atoms with Crippen molar-refractivity contribution in [3.63, 3.8) is 0 Å². The van der Waals surface area contributed by atoms with Crippen molar-refractivity contribution in [3.05, 3.63) is 33.9 Å². The van der Waals surface area contributed by atoms with Crippen molar-refractivity contribution in [2.24, 2.45) is 0 Å². The van der Waals surface area contributed by atoms with Gasteiger partial charge in [0.25, 0.3) is 5.69 Å². The summed E-state index contributed by atoms with van der Waals surface area (Å²) in [6, 6.07) is 4.64. The van der Waals surface area contributed by atoms with Crippen LogP contribution in [0.4, 0.5) is 5.69 Å². The van der Waals surface area contributed by atoms with E-state index >= 15 is 0 Å². The predicted octanol–water partition coefficient (Wildman–Crippen LogP) is 2.46. The van der Waals surface area contributed by atoms with Gasteiger partial charge in [-0.15, -0.1) is 0 Å². The highest BCUT2D eigenvalue weighted by Crippen LogP contribution is 2.26. The number of ether oxygens (including phenoxy) is 3. The standard InChI is InChI=1S/C14H19NO6/c1-3-20-14(16)6-4-5-11-7-8-12(21-10-19-2)9-13(11)15(17)18/h7-9H,3-6,10H2,1-2H3. The topological polar surface area (TPSA) is 87.9 Å². The van der Waals surface area contributed by atoms with Gasteiger partial charge in [0.2, 0.25) is 0 Å². The maximum absolute atomic E-state index is 11.2. The number of esters is 1. The molecule has 0 saturated heterocycles. The maximum Gasteiger partial charge on any atom is 0.305 e. The Bertz CT molecular complexity index is 488. The van der Waals surface area contributed by atoms with Crippen LogP contribution >= 0.6 is 0 Å². The van der Waals surface area contributed by atoms with Crippen LogP contribution in [0.2, 0.25) is 0 Å². The van der Waals surface area contributed by atoms with Gasteiger partial charge in [-0.05, 0) is 31.9 Å². The van der Waals surface area contributed by atoms with Crippen LogP contribution in [0.5, 0.6) is 5.75 Å². The lowest BCUT2D eigenvalue weighted by atomic mass is 10.1. The van der Waals surface area contributed by atoms with E-state index < -0.39 is 4.92 Å². The third-order valence-electron chi connectivity index (χ3n) is 2.73. The number of nitrogens with zero attached hydrogens (tertiary/aromatic N) is 1. The molecule has 21 heavy (non-hydrogen) atoms. The lowest BCUT2D eigenvalue weighted by molar-refractivity contribution is -0.385. The van der Waals surface area contributed by atoms with Gasteiger partial charge in [-0.25, -0.2) is 0 Å². The second-order valence-corrected chi connectivity index (χ2v) is 4.26. The number of carbonyl (C=O) groups excluding carboxylic acids is 1. The summed E-state index contributed by atoms with van der Waals surface area (Å²) >= 11 is 0. The molecular weight excluding hydrogens is 278 g/mol. The Kier molecular flexibility index (Phi) is 7.17. The Morgan fingerprint density at radius 1 is 1.38 bits per heavy atom. The minimum atomic E-state index is -0.459. The molecule has 116 valence electrons. The Balaban J connectivity index is 2.68. The van der Waals surface area contributed by atoms with E-state index in [0.29, 0.717) is 30.8 Å². The van der Waals surface area contributed by atoms with Gasteiger partial charge in [0.1, 0.15) is 5.75 Å². The molecule has 0 atom stereocenters. The van der Waals surface area contributed by atoms with Gasteiger partial charge in [0.15, 0.2) is 6.79 Å². The van der Waals surface area contributed by atoms with Gasteiger partial charge < -0.3 is 14.2 Å². The third-order valence-corrected chi connectivity index (χ3v) is 2.73. The predicted molar refractivity (Wildman–Crippen MR) is 75.2 cm³/mol. The van der Waals surface area contributed by atoms with E-state index in [0.717, 1.165) is 0 Å². The van der Waals surface area contributed by atoms with Crippen molar-refractivity contribution >= 4 is 11.7 Å². The lowest BCUT2D eigenvalue weighted by Crippen LogP contribution is -2.05. The number of hydrogen-bond acceptors (Lipinski definition) is 6. The van der Waals surface area contributed by atoms with Crippen LogP contribution < -0.4 is 4.74 Å². The van der Waals surface area contributed by atoms with Crippen molar-refractivity contribution in [2.45, 2.75) is 26.2 Å². The van der Waals surface area contributed by atoms with Gasteiger partial charge in [-0.2, -0.15) is 0 Å². The molecular formula is C14H19NO6. The summed E-state index contributed by atoms with van der Waals surface area (Å²) in [6.45, 7) is 2.10. The molecule has 7 heteroatoms. The molecule has 7 nitrogen and oxygen atoms in total. The fraction of sp³-hybridized carbons (Fsp3) is 0.500. The molecule has 0 N–H and O–H groups in total. The molecule has 0 bridgehead atoms. The highest BCUT2D eigenvalue weighted by molar-refractivity contribution is 5.69. The van der Waals surface area contributed by atoms with E-state index in [1.165, 1.54) is 13.2 Å². The number of aryl methyl sites for hydroxylation is 1. The van der Waals surface area contributed by atoms with Crippen LogP contribution in [-0.2, 0) is 20.7 Å². The summed E-state index contributed by atoms with van der Waals surface area (Å²) in [7, 11) is 1.47. The molecule has 0 fully saturated rings. The Morgan fingerprint density at radius 2 is 2.14 bits per heavy atom. The molecule has 0 spiro atoms. The average Bonchev–Trinajstić information content (AvgIpc) is 2.46. The highest BCUT2D eigenvalue weighted by atomic mass is 16.7. The summed E-state index contributed by atoms with van der Waals surface area (Å²) in [5.41, 5.74) is 0.543. The molecule has 1 aromatic carbocycles. The quantitative estimate of drug-likeness (QED) is 0.301. The van der Waals surface area contributed by atoms with Crippen LogP contribution in [0.3, 0.4) is 0 Å². The first-order valence-electron chi connectivity index (χ1n) is 6.63. The Labute approximate surface area is 123 Å². The van der Waals surface area contributed by atoms with Crippen molar-refractivity contribution in [1.82, 2.24) is 0 Å². The van der Waals surface area contributed by atoms with Crippen molar-refractivity contribution in [3.8, 4) is 5.75 Å². The monoisotopic (exact) mass is 297 g/mol. The first kappa shape index (κ1) is 16.9. The second-order valence-electron chi connectivity index (χ2n) is 4.26. The summed E-state index contributed by atoms with van der Waals surface area (Å²) in [5, 5.41) is 11.1. The van der Waals surface area contributed by atoms with E-state index in [1.54, 1.807) is 19.1 Å². The molecule has 1 rings (SSSR count). The number of carbonyl (C=O) groups is 1. The summed E-state index contributed by atoms with van der Waals surface area (Å²) in [5.74, 6) is 0.0814. The number of benzene rings is 1. The molecule has 0 amide bonds. The van der Waals surface area contributed by atoms with E-state index in [9.17, 15) is 14.9 Å². The zero-order valence-corrected chi connectivity index (χ0v) is 12.2. The molecule has 0 aliphatic carbocycles. The van der Waals surface area contributed by atoms with Crippen LogP contribution in [-0.4, -0.2) is 31.4 Å². The number of nitro benzene ring substituents is 1. The SMILES string of the molecule is CCOC(=O)CCCc1ccc(OCOC)cc1[N+](=O)[O-]. The summed E-state index contributed by atoms with van der Waals surface area (Å²) < 4.78 is 14.7. The molecule has 0 saturated carbocycles. The molecule has 0 unspecified atom stereocenters. The van der Waals surface area contributed by atoms with Crippen LogP contribution in [0.1, 0.15) is 25.3 Å². The van der Waals surface area contributed by atoms with E-state index in [1.807, 2.05) is 0 Å². The van der Waals surface area contributed by atoms with Crippen LogP contribution in [0.25, 0.3) is 0 Å². The fourth-order valence-electron chi connectivity index (χ4n) is 1.80. The fourth-order valence-corrected chi connectivity index (χ4v) is 1.80. The molecule has 0 heterocycles. The van der Waals surface area contributed by atoms with Crippen molar-refractivity contribution < 1.29 is 23.9 Å². The average molecular weight is 297 g/mol. The first-order chi connectivity index (χ1) is 10.1. The largest absolute Gasteiger partial charge is 0.467 e. The second kappa shape index (κ2) is 8.91. The third kappa shape index (κ3) is 5.78. The zero-order chi connectivity index (χ0) is 15.7. The van der Waals surface area contributed by atoms with Crippen molar-refractivity contribution in [2.75, 3.05) is 20.5 Å². The van der Waals surface area contributed by atoms with Crippen molar-refractivity contribution in [1.29, 1.82) is 0 Å². The maximum atomic E-state index is 11.2. The van der Waals surface area contributed by atoms with Gasteiger partial charge in [-0.1, -0.05) is 0 Å². The minimum absolute atomic E-state index is 0.0209. The molecule has 0 radical (unpaired) electrons. The highest BCUT2D eigenvalue weighted by Gasteiger charge is 2.15. The molecule has 0 aliphatic rings. The normalized spacial score (nSPS) is 10.2. The zero-order valence-electron chi connectivity index (χ0n) is 12.2. The molecule has 0 aliphatic heterocycles. The smallest absolute Gasteiger partial charge is 0.305 e. The van der Waals surface area contributed by atoms with E-state index in [-0.39, 0.29) is 24.9 Å². The van der Waals surface area contributed by atoms with Gasteiger partial charge in [0.05, 0.1) is 17.6 Å². The minimum Gasteiger partial charge on any atom is -0.467 e. The molecule has 0 aromatic heterocycles. The van der Waals surface area contributed by atoms with Gasteiger partial charge >= 0.3 is 5.97 Å². The summed E-state index contributed by atoms with van der Waals surface area (Å²) in [4.78, 5) is 21.8. The number of methoxy groups -OCH3 is 1. The number of rotatable bonds is 9. The Hall–Kier alpha value is -2.15. The molecule has 1 aromatic rings. The number of nitro groups is 1. The van der Waals surface area contributed by atoms with Gasteiger partial charge in [0, 0.05) is 19.1 Å². The van der Waals surface area contributed by atoms with Crippen LogP contribution in [0.15, 0.2) is 18.2 Å². The van der Waals surface area contributed by atoms with Gasteiger partial charge in [-0.3, -0.25) is 14.9 Å². The van der Waals surface area contributed by atoms with E-state index in [4.69, 9.17) is 14.2 Å². The number of hydrogen-bond donors (Lipinski definition) is 0. The lowest BCUT2D eigenvalue weighted by Gasteiger charge is -2.07. The van der Waals surface area contributed by atoms with Crippen LogP contribution in [0, 0.1) is 10.1 Å². The summed E-state index contributed by atoms with van der Waals surface area (Å²) in [6.07, 6.45) is 1.17. The van der Waals surface area contributed by atoms with E-state index in [2.05, 4.69) is 0 Å².